The minimum atomic E-state index is 0.538. The van der Waals surface area contributed by atoms with Crippen molar-refractivity contribution in [2.45, 2.75) is 18.9 Å². The summed E-state index contributed by atoms with van der Waals surface area (Å²) in [5, 5.41) is 2.99. The van der Waals surface area contributed by atoms with Crippen molar-refractivity contribution in [2.24, 2.45) is 0 Å². The number of nitrogens with zero attached hydrogens (tertiary/aromatic N) is 4. The van der Waals surface area contributed by atoms with E-state index in [2.05, 4.69) is 55.1 Å². The molecule has 2 heterocycles. The molecule has 100 valence electrons. The highest BCUT2D eigenvalue weighted by Gasteiger charge is 2.27. The van der Waals surface area contributed by atoms with Gasteiger partial charge >= 0.3 is 0 Å². The van der Waals surface area contributed by atoms with Gasteiger partial charge in [-0.05, 0) is 42.9 Å². The normalized spacial score (nSPS) is 19.6. The largest absolute Gasteiger partial charge is 0.357 e. The van der Waals surface area contributed by atoms with Crippen molar-refractivity contribution in [3.8, 4) is 0 Å². The molecule has 0 amide bonds. The van der Waals surface area contributed by atoms with Gasteiger partial charge in [0.05, 0.1) is 4.47 Å². The van der Waals surface area contributed by atoms with Crippen molar-refractivity contribution in [3.05, 3.63) is 10.7 Å². The first kappa shape index (κ1) is 13.5. The highest BCUT2D eigenvalue weighted by molar-refractivity contribution is 9.10. The summed E-state index contributed by atoms with van der Waals surface area (Å²) in [7, 11) is 6.07. The zero-order valence-electron chi connectivity index (χ0n) is 11.1. The van der Waals surface area contributed by atoms with Gasteiger partial charge in [-0.15, -0.1) is 0 Å². The van der Waals surface area contributed by atoms with Crippen LogP contribution in [0, 0.1) is 0 Å². The Balaban J connectivity index is 2.23. The van der Waals surface area contributed by atoms with Crippen molar-refractivity contribution in [1.29, 1.82) is 0 Å². The van der Waals surface area contributed by atoms with Crippen LogP contribution in [-0.4, -0.2) is 55.1 Å². The lowest BCUT2D eigenvalue weighted by Crippen LogP contribution is -2.38. The van der Waals surface area contributed by atoms with E-state index >= 15 is 0 Å². The van der Waals surface area contributed by atoms with E-state index in [1.807, 2.05) is 13.2 Å². The molecule has 0 aromatic carbocycles. The van der Waals surface area contributed by atoms with Crippen molar-refractivity contribution in [1.82, 2.24) is 14.9 Å². The Morgan fingerprint density at radius 3 is 3.00 bits per heavy atom. The third-order valence-corrected chi connectivity index (χ3v) is 3.73. The van der Waals surface area contributed by atoms with Crippen LogP contribution in [0.2, 0.25) is 0 Å². The van der Waals surface area contributed by atoms with Crippen LogP contribution >= 0.6 is 15.9 Å². The summed E-state index contributed by atoms with van der Waals surface area (Å²) in [6.45, 7) is 2.13. The molecule has 0 saturated carbocycles. The summed E-state index contributed by atoms with van der Waals surface area (Å²) in [5.41, 5.74) is 0. The second kappa shape index (κ2) is 5.84. The lowest BCUT2D eigenvalue weighted by Gasteiger charge is -2.28. The fourth-order valence-corrected chi connectivity index (χ4v) is 2.82. The molecule has 6 heteroatoms. The van der Waals surface area contributed by atoms with Crippen LogP contribution in [0.25, 0.3) is 0 Å². The van der Waals surface area contributed by atoms with Gasteiger partial charge in [0, 0.05) is 32.4 Å². The van der Waals surface area contributed by atoms with E-state index in [9.17, 15) is 0 Å². The second-order valence-corrected chi connectivity index (χ2v) is 5.72. The topological polar surface area (TPSA) is 44.3 Å². The number of hydrogen-bond acceptors (Lipinski definition) is 5. The van der Waals surface area contributed by atoms with E-state index in [0.717, 1.165) is 23.4 Å². The molecule has 0 aliphatic carbocycles. The van der Waals surface area contributed by atoms with Gasteiger partial charge in [-0.2, -0.15) is 4.98 Å². The number of halogens is 1. The Labute approximate surface area is 117 Å². The molecule has 1 saturated heterocycles. The number of anilines is 2. The van der Waals surface area contributed by atoms with E-state index in [-0.39, 0.29) is 0 Å². The fourth-order valence-electron chi connectivity index (χ4n) is 2.41. The van der Waals surface area contributed by atoms with Crippen LogP contribution < -0.4 is 10.2 Å². The minimum Gasteiger partial charge on any atom is -0.357 e. The maximum Gasteiger partial charge on any atom is 0.224 e. The molecule has 0 radical (unpaired) electrons. The second-order valence-electron chi connectivity index (χ2n) is 4.87. The van der Waals surface area contributed by atoms with Crippen LogP contribution in [-0.2, 0) is 0 Å². The SMILES string of the molecule is CNc1ncc(Br)c(N2CCCC2CN(C)C)n1. The van der Waals surface area contributed by atoms with Crippen molar-refractivity contribution in [2.75, 3.05) is 44.4 Å². The zero-order valence-corrected chi connectivity index (χ0v) is 12.7. The summed E-state index contributed by atoms with van der Waals surface area (Å²) in [5.74, 6) is 1.67. The van der Waals surface area contributed by atoms with Crippen LogP contribution in [0.1, 0.15) is 12.8 Å². The zero-order chi connectivity index (χ0) is 13.1. The van der Waals surface area contributed by atoms with Gasteiger partial charge in [0.25, 0.3) is 0 Å². The monoisotopic (exact) mass is 313 g/mol. The highest BCUT2D eigenvalue weighted by atomic mass is 79.9. The number of likely N-dealkylation sites (N-methyl/N-ethyl adjacent to an activating group) is 1. The van der Waals surface area contributed by atoms with E-state index in [1.54, 1.807) is 0 Å². The Bertz CT molecular complexity index is 409. The van der Waals surface area contributed by atoms with Gasteiger partial charge in [-0.1, -0.05) is 0 Å². The molecule has 18 heavy (non-hydrogen) atoms. The minimum absolute atomic E-state index is 0.538. The van der Waals surface area contributed by atoms with Gasteiger partial charge in [0.1, 0.15) is 5.82 Å². The molecule has 5 nitrogen and oxygen atoms in total. The summed E-state index contributed by atoms with van der Waals surface area (Å²) in [6, 6.07) is 0.538. The highest BCUT2D eigenvalue weighted by Crippen LogP contribution is 2.30. The maximum atomic E-state index is 4.57. The third kappa shape index (κ3) is 2.92. The molecule has 1 aliphatic rings. The van der Waals surface area contributed by atoms with Crippen LogP contribution in [0.5, 0.6) is 0 Å². The molecule has 1 aromatic rings. The van der Waals surface area contributed by atoms with Gasteiger partial charge < -0.3 is 15.1 Å². The first-order chi connectivity index (χ1) is 8.61. The predicted molar refractivity (Wildman–Crippen MR) is 78.2 cm³/mol. The van der Waals surface area contributed by atoms with E-state index in [1.165, 1.54) is 12.8 Å². The van der Waals surface area contributed by atoms with E-state index in [0.29, 0.717) is 12.0 Å². The summed E-state index contributed by atoms with van der Waals surface area (Å²) < 4.78 is 0.965. The van der Waals surface area contributed by atoms with Crippen molar-refractivity contribution >= 4 is 27.7 Å². The van der Waals surface area contributed by atoms with Crippen molar-refractivity contribution in [3.63, 3.8) is 0 Å². The average molecular weight is 314 g/mol. The molecule has 0 bridgehead atoms. The molecule has 1 fully saturated rings. The van der Waals surface area contributed by atoms with Crippen LogP contribution in [0.4, 0.5) is 11.8 Å². The molecular weight excluding hydrogens is 294 g/mol. The number of hydrogen-bond donors (Lipinski definition) is 1. The Hall–Kier alpha value is -0.880. The average Bonchev–Trinajstić information content (AvgIpc) is 2.77. The smallest absolute Gasteiger partial charge is 0.224 e. The number of aromatic nitrogens is 2. The molecule has 1 aliphatic heterocycles. The van der Waals surface area contributed by atoms with Gasteiger partial charge in [0.15, 0.2) is 0 Å². The van der Waals surface area contributed by atoms with Gasteiger partial charge in [-0.3, -0.25) is 0 Å². The van der Waals surface area contributed by atoms with E-state index in [4.69, 9.17) is 0 Å². The number of rotatable bonds is 4. The third-order valence-electron chi connectivity index (χ3n) is 3.17. The van der Waals surface area contributed by atoms with Gasteiger partial charge in [-0.25, -0.2) is 4.98 Å². The van der Waals surface area contributed by atoms with Crippen molar-refractivity contribution < 1.29 is 0 Å². The Morgan fingerprint density at radius 1 is 1.56 bits per heavy atom. The number of nitrogens with one attached hydrogen (secondary N) is 1. The molecule has 1 atom stereocenters. The summed E-state index contributed by atoms with van der Waals surface area (Å²) >= 11 is 3.56. The van der Waals surface area contributed by atoms with Crippen LogP contribution in [0.15, 0.2) is 10.7 Å². The molecule has 1 unspecified atom stereocenters. The van der Waals surface area contributed by atoms with Crippen LogP contribution in [0.3, 0.4) is 0 Å². The first-order valence-corrected chi connectivity index (χ1v) is 7.02. The molecule has 0 spiro atoms. The Morgan fingerprint density at radius 2 is 2.33 bits per heavy atom. The summed E-state index contributed by atoms with van der Waals surface area (Å²) in [4.78, 5) is 13.4. The molecule has 1 aromatic heterocycles. The standard InChI is InChI=1S/C12H20BrN5/c1-14-12-15-7-10(13)11(16-12)18-6-4-5-9(18)8-17(2)3/h7,9H,4-6,8H2,1-3H3,(H,14,15,16). The molecular formula is C12H20BrN5. The maximum absolute atomic E-state index is 4.57. The lowest BCUT2D eigenvalue weighted by molar-refractivity contribution is 0.371. The van der Waals surface area contributed by atoms with E-state index < -0.39 is 0 Å². The predicted octanol–water partition coefficient (Wildman–Crippen LogP) is 1.81. The molecule has 2 rings (SSSR count). The fraction of sp³-hybridized carbons (Fsp3) is 0.667. The molecule has 1 N–H and O–H groups in total. The summed E-state index contributed by atoms with van der Waals surface area (Å²) in [6.07, 6.45) is 4.27. The quantitative estimate of drug-likeness (QED) is 0.918. The first-order valence-electron chi connectivity index (χ1n) is 6.23. The Kier molecular flexibility index (Phi) is 4.40. The lowest BCUT2D eigenvalue weighted by atomic mass is 10.2. The van der Waals surface area contributed by atoms with Gasteiger partial charge in [0.2, 0.25) is 5.95 Å².